The van der Waals surface area contributed by atoms with Crippen LogP contribution < -0.4 is 4.90 Å². The fourth-order valence-corrected chi connectivity index (χ4v) is 4.31. The van der Waals surface area contributed by atoms with Gasteiger partial charge in [-0.3, -0.25) is 4.79 Å². The monoisotopic (exact) mass is 349 g/mol. The van der Waals surface area contributed by atoms with E-state index in [9.17, 15) is 4.79 Å². The molecule has 1 unspecified atom stereocenters. The first-order chi connectivity index (χ1) is 12.8. The maximum Gasteiger partial charge on any atom is 0.272 e. The molecule has 3 heterocycles. The van der Waals surface area contributed by atoms with E-state index in [1.807, 2.05) is 23.2 Å². The number of pyridine rings is 1. The summed E-state index contributed by atoms with van der Waals surface area (Å²) < 4.78 is 0. The first-order valence-electron chi connectivity index (χ1n) is 9.90. The number of rotatable bonds is 3. The van der Waals surface area contributed by atoms with Crippen LogP contribution in [0.3, 0.4) is 0 Å². The summed E-state index contributed by atoms with van der Waals surface area (Å²) in [6.07, 6.45) is 8.60. The summed E-state index contributed by atoms with van der Waals surface area (Å²) in [6.45, 7) is 4.02. The van der Waals surface area contributed by atoms with Gasteiger partial charge in [0.1, 0.15) is 5.69 Å². The molecule has 1 fully saturated rings. The molecule has 2 aromatic rings. The molecule has 0 aliphatic carbocycles. The number of fused-ring (bicyclic) bond motifs is 1. The van der Waals surface area contributed by atoms with Crippen molar-refractivity contribution in [3.63, 3.8) is 0 Å². The summed E-state index contributed by atoms with van der Waals surface area (Å²) in [7, 11) is 0. The van der Waals surface area contributed by atoms with Crippen LogP contribution in [0.5, 0.6) is 0 Å². The molecule has 26 heavy (non-hydrogen) atoms. The number of hydrogen-bond acceptors (Lipinski definition) is 3. The van der Waals surface area contributed by atoms with E-state index >= 15 is 0 Å². The number of para-hydroxylation sites is 1. The van der Waals surface area contributed by atoms with Crippen LogP contribution in [0.1, 0.15) is 55.1 Å². The predicted octanol–water partition coefficient (Wildman–Crippen LogP) is 4.57. The van der Waals surface area contributed by atoms with E-state index in [2.05, 4.69) is 41.1 Å². The van der Waals surface area contributed by atoms with Gasteiger partial charge in [0.15, 0.2) is 0 Å². The summed E-state index contributed by atoms with van der Waals surface area (Å²) in [4.78, 5) is 21.8. The molecule has 0 saturated carbocycles. The van der Waals surface area contributed by atoms with Gasteiger partial charge in [-0.15, -0.1) is 0 Å². The van der Waals surface area contributed by atoms with Crippen LogP contribution in [0.4, 0.5) is 11.4 Å². The van der Waals surface area contributed by atoms with Gasteiger partial charge < -0.3 is 9.80 Å². The van der Waals surface area contributed by atoms with Crippen molar-refractivity contribution < 1.29 is 4.79 Å². The standard InChI is InChI=1S/C22H27N3O/c1-2-18-10-5-6-14-25(18)22(26)20-13-12-19(16-23-20)24-15-7-9-17-8-3-4-11-21(17)24/h3-4,8,11-13,16,18H,2,5-7,9-10,14-15H2,1H3. The fourth-order valence-electron chi connectivity index (χ4n) is 4.31. The maximum absolute atomic E-state index is 12.9. The smallest absolute Gasteiger partial charge is 0.272 e. The Balaban J connectivity index is 1.55. The van der Waals surface area contributed by atoms with E-state index in [1.165, 1.54) is 17.7 Å². The highest BCUT2D eigenvalue weighted by atomic mass is 16.2. The van der Waals surface area contributed by atoms with Crippen molar-refractivity contribution in [3.05, 3.63) is 53.9 Å². The van der Waals surface area contributed by atoms with Crippen LogP contribution in [0.15, 0.2) is 42.6 Å². The number of anilines is 2. The molecule has 2 aliphatic heterocycles. The lowest BCUT2D eigenvalue weighted by Gasteiger charge is -2.35. The SMILES string of the molecule is CCC1CCCCN1C(=O)c1ccc(N2CCCc3ccccc32)cn1. The predicted molar refractivity (Wildman–Crippen MR) is 105 cm³/mol. The van der Waals surface area contributed by atoms with Gasteiger partial charge in [0, 0.05) is 24.8 Å². The van der Waals surface area contributed by atoms with Crippen LogP contribution in [0.2, 0.25) is 0 Å². The van der Waals surface area contributed by atoms with Gasteiger partial charge in [-0.25, -0.2) is 4.98 Å². The molecular formula is C22H27N3O. The molecule has 2 aliphatic rings. The molecule has 0 bridgehead atoms. The Labute approximate surface area is 155 Å². The number of benzene rings is 1. The molecule has 0 radical (unpaired) electrons. The Hall–Kier alpha value is -2.36. The van der Waals surface area contributed by atoms with Crippen molar-refractivity contribution in [2.24, 2.45) is 0 Å². The minimum atomic E-state index is 0.0853. The Kier molecular flexibility index (Phi) is 4.91. The number of likely N-dealkylation sites (tertiary alicyclic amines) is 1. The second-order valence-electron chi connectivity index (χ2n) is 7.34. The lowest BCUT2D eigenvalue weighted by atomic mass is 9.99. The van der Waals surface area contributed by atoms with Crippen molar-refractivity contribution in [1.29, 1.82) is 0 Å². The highest BCUT2D eigenvalue weighted by Gasteiger charge is 2.27. The molecule has 4 rings (SSSR count). The average Bonchev–Trinajstić information content (AvgIpc) is 2.73. The van der Waals surface area contributed by atoms with Crippen LogP contribution in [-0.2, 0) is 6.42 Å². The summed E-state index contributed by atoms with van der Waals surface area (Å²) >= 11 is 0. The summed E-state index contributed by atoms with van der Waals surface area (Å²) in [5.41, 5.74) is 4.29. The molecular weight excluding hydrogens is 322 g/mol. The number of carbonyl (C=O) groups is 1. The number of amides is 1. The van der Waals surface area contributed by atoms with Gasteiger partial charge in [-0.2, -0.15) is 0 Å². The summed E-state index contributed by atoms with van der Waals surface area (Å²) in [6, 6.07) is 12.9. The zero-order valence-corrected chi connectivity index (χ0v) is 15.5. The van der Waals surface area contributed by atoms with E-state index < -0.39 is 0 Å². The van der Waals surface area contributed by atoms with E-state index in [1.54, 1.807) is 0 Å². The topological polar surface area (TPSA) is 36.4 Å². The Morgan fingerprint density at radius 1 is 1.12 bits per heavy atom. The highest BCUT2D eigenvalue weighted by molar-refractivity contribution is 5.93. The van der Waals surface area contributed by atoms with Gasteiger partial charge in [0.2, 0.25) is 0 Å². The lowest BCUT2D eigenvalue weighted by molar-refractivity contribution is 0.0602. The molecule has 0 spiro atoms. The average molecular weight is 349 g/mol. The number of nitrogens with zero attached hydrogens (tertiary/aromatic N) is 3. The molecule has 1 atom stereocenters. The largest absolute Gasteiger partial charge is 0.340 e. The molecule has 4 heteroatoms. The minimum absolute atomic E-state index is 0.0853. The van der Waals surface area contributed by atoms with Gasteiger partial charge in [-0.1, -0.05) is 25.1 Å². The van der Waals surface area contributed by atoms with E-state index in [0.717, 1.165) is 50.9 Å². The summed E-state index contributed by atoms with van der Waals surface area (Å²) in [5, 5.41) is 0. The van der Waals surface area contributed by atoms with Gasteiger partial charge >= 0.3 is 0 Å². The zero-order chi connectivity index (χ0) is 17.9. The van der Waals surface area contributed by atoms with Crippen molar-refractivity contribution >= 4 is 17.3 Å². The van der Waals surface area contributed by atoms with E-state index in [-0.39, 0.29) is 5.91 Å². The number of aromatic nitrogens is 1. The minimum Gasteiger partial charge on any atom is -0.340 e. The molecule has 1 aromatic heterocycles. The molecule has 1 saturated heterocycles. The quantitative estimate of drug-likeness (QED) is 0.814. The van der Waals surface area contributed by atoms with Gasteiger partial charge in [0.05, 0.1) is 11.9 Å². The Morgan fingerprint density at radius 2 is 2.00 bits per heavy atom. The molecule has 0 N–H and O–H groups in total. The Bertz CT molecular complexity index is 771. The summed E-state index contributed by atoms with van der Waals surface area (Å²) in [5.74, 6) is 0.0853. The highest BCUT2D eigenvalue weighted by Crippen LogP contribution is 2.33. The van der Waals surface area contributed by atoms with Crippen molar-refractivity contribution in [1.82, 2.24) is 9.88 Å². The zero-order valence-electron chi connectivity index (χ0n) is 15.5. The first kappa shape index (κ1) is 17.1. The third-order valence-electron chi connectivity index (χ3n) is 5.75. The van der Waals surface area contributed by atoms with Gasteiger partial charge in [-0.05, 0) is 62.3 Å². The van der Waals surface area contributed by atoms with Crippen LogP contribution in [0, 0.1) is 0 Å². The molecule has 1 aromatic carbocycles. The molecule has 136 valence electrons. The number of carbonyl (C=O) groups excluding carboxylic acids is 1. The number of hydrogen-bond donors (Lipinski definition) is 0. The van der Waals surface area contributed by atoms with Crippen molar-refractivity contribution in [2.45, 2.75) is 51.5 Å². The fraction of sp³-hybridized carbons (Fsp3) is 0.455. The maximum atomic E-state index is 12.9. The lowest BCUT2D eigenvalue weighted by Crippen LogP contribution is -2.43. The second-order valence-corrected chi connectivity index (χ2v) is 7.34. The Morgan fingerprint density at radius 3 is 2.81 bits per heavy atom. The third-order valence-corrected chi connectivity index (χ3v) is 5.75. The first-order valence-corrected chi connectivity index (χ1v) is 9.90. The number of aryl methyl sites for hydroxylation is 1. The third kappa shape index (κ3) is 3.20. The van der Waals surface area contributed by atoms with E-state index in [4.69, 9.17) is 0 Å². The molecule has 1 amide bonds. The van der Waals surface area contributed by atoms with E-state index in [0.29, 0.717) is 11.7 Å². The van der Waals surface area contributed by atoms with Crippen LogP contribution in [0.25, 0.3) is 0 Å². The van der Waals surface area contributed by atoms with Crippen molar-refractivity contribution in [3.8, 4) is 0 Å². The second kappa shape index (κ2) is 7.48. The van der Waals surface area contributed by atoms with Crippen LogP contribution in [-0.4, -0.2) is 34.9 Å². The van der Waals surface area contributed by atoms with Gasteiger partial charge in [0.25, 0.3) is 5.91 Å². The number of piperidine rings is 1. The van der Waals surface area contributed by atoms with Crippen molar-refractivity contribution in [2.75, 3.05) is 18.0 Å². The molecule has 4 nitrogen and oxygen atoms in total. The van der Waals surface area contributed by atoms with Crippen LogP contribution >= 0.6 is 0 Å². The normalized spacial score (nSPS) is 20.0.